The molecule has 0 rings (SSSR count). The summed E-state index contributed by atoms with van der Waals surface area (Å²) < 4.78 is 16.6. The zero-order valence-electron chi connectivity index (χ0n) is 34.6. The van der Waals surface area contributed by atoms with Crippen LogP contribution in [0.5, 0.6) is 0 Å². The van der Waals surface area contributed by atoms with Gasteiger partial charge in [0.25, 0.3) is 0 Å². The molecule has 304 valence electrons. The summed E-state index contributed by atoms with van der Waals surface area (Å²) in [7, 11) is 0. The fourth-order valence-electron chi connectivity index (χ4n) is 6.25. The number of rotatable bonds is 40. The smallest absolute Gasteiger partial charge is 0.306 e. The van der Waals surface area contributed by atoms with Crippen LogP contribution in [0.3, 0.4) is 0 Å². The highest BCUT2D eigenvalue weighted by molar-refractivity contribution is 5.71. The van der Waals surface area contributed by atoms with E-state index >= 15 is 0 Å². The van der Waals surface area contributed by atoms with Crippen LogP contribution in [0.15, 0.2) is 24.3 Å². The Hall–Kier alpha value is -2.11. The Morgan fingerprint density at radius 1 is 0.365 bits per heavy atom. The first kappa shape index (κ1) is 49.9. The van der Waals surface area contributed by atoms with Gasteiger partial charge in [-0.15, -0.1) is 0 Å². The third kappa shape index (κ3) is 39.1. The Kier molecular flexibility index (Phi) is 40.0. The van der Waals surface area contributed by atoms with Crippen LogP contribution in [-0.4, -0.2) is 37.2 Å². The van der Waals surface area contributed by atoms with Crippen LogP contribution in [0.25, 0.3) is 0 Å². The quantitative estimate of drug-likeness (QED) is 0.0270. The maximum Gasteiger partial charge on any atom is 0.306 e. The minimum Gasteiger partial charge on any atom is -0.462 e. The molecule has 0 N–H and O–H groups in total. The van der Waals surface area contributed by atoms with E-state index in [0.29, 0.717) is 19.3 Å². The lowest BCUT2D eigenvalue weighted by molar-refractivity contribution is -0.167. The van der Waals surface area contributed by atoms with Gasteiger partial charge in [0.1, 0.15) is 13.2 Å². The van der Waals surface area contributed by atoms with Crippen molar-refractivity contribution in [1.29, 1.82) is 0 Å². The number of carbonyl (C=O) groups is 3. The molecule has 6 nitrogen and oxygen atoms in total. The Balaban J connectivity index is 4.27. The number of hydrogen-bond acceptors (Lipinski definition) is 6. The van der Waals surface area contributed by atoms with Crippen LogP contribution in [-0.2, 0) is 28.6 Å². The van der Waals surface area contributed by atoms with Gasteiger partial charge in [-0.05, 0) is 70.6 Å². The maximum atomic E-state index is 12.6. The number of unbranched alkanes of at least 4 members (excludes halogenated alkanes) is 25. The highest BCUT2D eigenvalue weighted by Gasteiger charge is 2.19. The molecule has 0 heterocycles. The SMILES string of the molecule is CCCCC/C=C\CCCCCCCC(=O)OC(COC(=O)CCCCCCCC)COC(=O)CCCCCCC/C=C\CCCCCCCCC. The molecule has 0 fully saturated rings. The normalized spacial score (nSPS) is 12.1. The lowest BCUT2D eigenvalue weighted by Gasteiger charge is -2.18. The van der Waals surface area contributed by atoms with Gasteiger partial charge in [-0.25, -0.2) is 0 Å². The molecule has 0 saturated heterocycles. The molecular weight excluding hydrogens is 648 g/mol. The lowest BCUT2D eigenvalue weighted by Crippen LogP contribution is -2.30. The lowest BCUT2D eigenvalue weighted by atomic mass is 10.1. The molecule has 0 aromatic carbocycles. The fourth-order valence-corrected chi connectivity index (χ4v) is 6.25. The van der Waals surface area contributed by atoms with Crippen molar-refractivity contribution in [3.05, 3.63) is 24.3 Å². The summed E-state index contributed by atoms with van der Waals surface area (Å²) in [4.78, 5) is 37.5. The zero-order chi connectivity index (χ0) is 38.0. The van der Waals surface area contributed by atoms with Gasteiger partial charge in [0, 0.05) is 19.3 Å². The second-order valence-electron chi connectivity index (χ2n) is 15.0. The zero-order valence-corrected chi connectivity index (χ0v) is 34.6. The Labute approximate surface area is 322 Å². The van der Waals surface area contributed by atoms with Crippen LogP contribution in [0.1, 0.15) is 233 Å². The average Bonchev–Trinajstić information content (AvgIpc) is 3.14. The van der Waals surface area contributed by atoms with Gasteiger partial charge >= 0.3 is 17.9 Å². The van der Waals surface area contributed by atoms with Crippen molar-refractivity contribution >= 4 is 17.9 Å². The largest absolute Gasteiger partial charge is 0.462 e. The summed E-state index contributed by atoms with van der Waals surface area (Å²) >= 11 is 0. The maximum absolute atomic E-state index is 12.6. The molecule has 0 radical (unpaired) electrons. The van der Waals surface area contributed by atoms with Crippen molar-refractivity contribution in [2.75, 3.05) is 13.2 Å². The van der Waals surface area contributed by atoms with Gasteiger partial charge in [0.2, 0.25) is 0 Å². The highest BCUT2D eigenvalue weighted by atomic mass is 16.6. The van der Waals surface area contributed by atoms with Gasteiger partial charge in [0.05, 0.1) is 0 Å². The van der Waals surface area contributed by atoms with E-state index in [-0.39, 0.29) is 31.1 Å². The van der Waals surface area contributed by atoms with Crippen molar-refractivity contribution in [3.63, 3.8) is 0 Å². The van der Waals surface area contributed by atoms with E-state index in [9.17, 15) is 14.4 Å². The van der Waals surface area contributed by atoms with E-state index in [1.807, 2.05) is 0 Å². The first-order valence-electron chi connectivity index (χ1n) is 22.3. The number of carbonyl (C=O) groups excluding carboxylic acids is 3. The van der Waals surface area contributed by atoms with E-state index in [2.05, 4.69) is 45.1 Å². The predicted octanol–water partition coefficient (Wildman–Crippen LogP) is 14.0. The second kappa shape index (κ2) is 41.6. The van der Waals surface area contributed by atoms with E-state index in [4.69, 9.17) is 14.2 Å². The molecule has 1 unspecified atom stereocenters. The Bertz CT molecular complexity index is 850. The van der Waals surface area contributed by atoms with Gasteiger partial charge in [-0.1, -0.05) is 167 Å². The number of allylic oxidation sites excluding steroid dienone is 4. The van der Waals surface area contributed by atoms with Gasteiger partial charge in [0.15, 0.2) is 6.10 Å². The summed E-state index contributed by atoms with van der Waals surface area (Å²) in [5.74, 6) is -0.901. The van der Waals surface area contributed by atoms with Crippen molar-refractivity contribution < 1.29 is 28.6 Å². The molecule has 52 heavy (non-hydrogen) atoms. The van der Waals surface area contributed by atoms with Gasteiger partial charge in [-0.2, -0.15) is 0 Å². The summed E-state index contributed by atoms with van der Waals surface area (Å²) in [6, 6.07) is 0. The average molecular weight is 733 g/mol. The minimum atomic E-state index is -0.770. The van der Waals surface area contributed by atoms with E-state index in [0.717, 1.165) is 77.0 Å². The monoisotopic (exact) mass is 733 g/mol. The van der Waals surface area contributed by atoms with Crippen molar-refractivity contribution in [1.82, 2.24) is 0 Å². The van der Waals surface area contributed by atoms with Gasteiger partial charge in [-0.3, -0.25) is 14.4 Å². The molecule has 0 saturated carbocycles. The van der Waals surface area contributed by atoms with E-state index < -0.39 is 6.10 Å². The molecule has 0 aromatic heterocycles. The molecule has 0 aliphatic carbocycles. The van der Waals surface area contributed by atoms with E-state index in [1.54, 1.807) is 0 Å². The third-order valence-electron chi connectivity index (χ3n) is 9.68. The molecular formula is C46H84O6. The molecule has 0 aliphatic heterocycles. The Morgan fingerprint density at radius 2 is 0.635 bits per heavy atom. The van der Waals surface area contributed by atoms with Crippen LogP contribution in [0.2, 0.25) is 0 Å². The molecule has 0 spiro atoms. The van der Waals surface area contributed by atoms with Crippen molar-refractivity contribution in [2.45, 2.75) is 239 Å². The summed E-state index contributed by atoms with van der Waals surface area (Å²) in [6.45, 7) is 6.53. The number of ether oxygens (including phenoxy) is 3. The van der Waals surface area contributed by atoms with Crippen molar-refractivity contribution in [3.8, 4) is 0 Å². The van der Waals surface area contributed by atoms with Crippen LogP contribution in [0.4, 0.5) is 0 Å². The molecule has 0 aliphatic rings. The second-order valence-corrected chi connectivity index (χ2v) is 15.0. The van der Waals surface area contributed by atoms with Crippen LogP contribution >= 0.6 is 0 Å². The first-order valence-corrected chi connectivity index (χ1v) is 22.3. The molecule has 0 aromatic rings. The number of esters is 3. The molecule has 6 heteroatoms. The highest BCUT2D eigenvalue weighted by Crippen LogP contribution is 2.13. The van der Waals surface area contributed by atoms with Crippen LogP contribution in [0, 0.1) is 0 Å². The summed E-state index contributed by atoms with van der Waals surface area (Å²) in [5, 5.41) is 0. The Morgan fingerprint density at radius 3 is 1.00 bits per heavy atom. The number of hydrogen-bond donors (Lipinski definition) is 0. The molecule has 1 atom stereocenters. The van der Waals surface area contributed by atoms with Gasteiger partial charge < -0.3 is 14.2 Å². The fraction of sp³-hybridized carbons (Fsp3) is 0.848. The topological polar surface area (TPSA) is 78.9 Å². The van der Waals surface area contributed by atoms with E-state index in [1.165, 1.54) is 116 Å². The minimum absolute atomic E-state index is 0.0762. The standard InChI is InChI=1S/C46H84O6/c1-4-7-10-13-16-18-20-22-23-24-25-27-28-30-33-36-39-45(48)51-42-43(41-50-44(47)38-35-32-15-12-9-6-3)52-46(49)40-37-34-31-29-26-21-19-17-14-11-8-5-2/h17,19,23-24,43H,4-16,18,20-22,25-42H2,1-3H3/b19-17-,24-23-. The first-order chi connectivity index (χ1) is 25.5. The third-order valence-corrected chi connectivity index (χ3v) is 9.68. The summed E-state index contributed by atoms with van der Waals surface area (Å²) in [5.41, 5.74) is 0. The van der Waals surface area contributed by atoms with Crippen LogP contribution < -0.4 is 0 Å². The molecule has 0 bridgehead atoms. The van der Waals surface area contributed by atoms with Crippen molar-refractivity contribution in [2.24, 2.45) is 0 Å². The molecule has 0 amide bonds. The predicted molar refractivity (Wildman–Crippen MR) is 219 cm³/mol. The summed E-state index contributed by atoms with van der Waals surface area (Å²) in [6.07, 6.45) is 44.6.